The minimum atomic E-state index is 0.724. The minimum Gasteiger partial charge on any atom is -0.192 e. The first-order valence-corrected chi connectivity index (χ1v) is 6.18. The quantitative estimate of drug-likeness (QED) is 0.645. The van der Waals surface area contributed by atoms with E-state index in [9.17, 15) is 0 Å². The number of halogens is 2. The van der Waals surface area contributed by atoms with Crippen molar-refractivity contribution >= 4 is 59.9 Å². The average molecular weight is 364 g/mol. The molecule has 0 aliphatic carbocycles. The second kappa shape index (κ2) is 3.56. The van der Waals surface area contributed by atoms with Gasteiger partial charge in [-0.15, -0.1) is 11.3 Å². The SMILES string of the molecule is N#Cc1cc(I)c2sc(Br)cc2c1. The van der Waals surface area contributed by atoms with Crippen molar-refractivity contribution in [1.82, 2.24) is 0 Å². The molecule has 0 aliphatic heterocycles. The fourth-order valence-corrected chi connectivity index (χ4v) is 3.63. The molecule has 0 fully saturated rings. The number of benzene rings is 1. The predicted molar refractivity (Wildman–Crippen MR) is 67.0 cm³/mol. The molecule has 0 saturated carbocycles. The summed E-state index contributed by atoms with van der Waals surface area (Å²) in [6.07, 6.45) is 0. The maximum Gasteiger partial charge on any atom is 0.0992 e. The zero-order valence-electron chi connectivity index (χ0n) is 6.34. The van der Waals surface area contributed by atoms with Crippen molar-refractivity contribution in [2.45, 2.75) is 0 Å². The Balaban J connectivity index is 2.85. The summed E-state index contributed by atoms with van der Waals surface area (Å²) < 4.78 is 3.49. The monoisotopic (exact) mass is 363 g/mol. The van der Waals surface area contributed by atoms with Gasteiger partial charge in [-0.05, 0) is 62.1 Å². The Hall–Kier alpha value is -0.120. The van der Waals surface area contributed by atoms with E-state index in [0.717, 1.165) is 18.3 Å². The van der Waals surface area contributed by atoms with E-state index >= 15 is 0 Å². The van der Waals surface area contributed by atoms with E-state index in [4.69, 9.17) is 5.26 Å². The standard InChI is InChI=1S/C9H3BrINS/c10-8-3-6-1-5(4-12)2-7(11)9(6)13-8/h1-3H. The molecule has 0 atom stereocenters. The summed E-state index contributed by atoms with van der Waals surface area (Å²) in [7, 11) is 0. The first-order chi connectivity index (χ1) is 6.20. The maximum atomic E-state index is 8.77. The van der Waals surface area contributed by atoms with Crippen LogP contribution >= 0.6 is 49.9 Å². The molecule has 0 radical (unpaired) electrons. The molecule has 1 heterocycles. The lowest BCUT2D eigenvalue weighted by molar-refractivity contribution is 1.49. The molecular weight excluding hydrogens is 361 g/mol. The van der Waals surface area contributed by atoms with E-state index in [-0.39, 0.29) is 0 Å². The summed E-state index contributed by atoms with van der Waals surface area (Å²) in [5, 5.41) is 9.91. The summed E-state index contributed by atoms with van der Waals surface area (Å²) in [5.41, 5.74) is 0.724. The second-order valence-electron chi connectivity index (χ2n) is 2.54. The zero-order chi connectivity index (χ0) is 9.42. The van der Waals surface area contributed by atoms with Crippen LogP contribution in [0.3, 0.4) is 0 Å². The number of nitrogens with zero attached hydrogens (tertiary/aromatic N) is 1. The highest BCUT2D eigenvalue weighted by Gasteiger charge is 2.05. The second-order valence-corrected chi connectivity index (χ2v) is 6.13. The van der Waals surface area contributed by atoms with Crippen molar-refractivity contribution in [1.29, 1.82) is 5.26 Å². The highest BCUT2D eigenvalue weighted by molar-refractivity contribution is 14.1. The molecular formula is C9H3BrINS. The fraction of sp³-hybridized carbons (Fsp3) is 0. The van der Waals surface area contributed by atoms with Crippen molar-refractivity contribution in [3.05, 3.63) is 31.1 Å². The van der Waals surface area contributed by atoms with E-state index in [1.807, 2.05) is 18.2 Å². The topological polar surface area (TPSA) is 23.8 Å². The van der Waals surface area contributed by atoms with Gasteiger partial charge in [0.15, 0.2) is 0 Å². The van der Waals surface area contributed by atoms with Crippen LogP contribution in [0.25, 0.3) is 10.1 Å². The van der Waals surface area contributed by atoms with Crippen LogP contribution in [0.4, 0.5) is 0 Å². The van der Waals surface area contributed by atoms with Crippen LogP contribution in [0.1, 0.15) is 5.56 Å². The van der Waals surface area contributed by atoms with E-state index in [0.29, 0.717) is 0 Å². The number of rotatable bonds is 0. The molecule has 0 spiro atoms. The van der Waals surface area contributed by atoms with Crippen LogP contribution in [0.15, 0.2) is 22.0 Å². The molecule has 13 heavy (non-hydrogen) atoms. The molecule has 2 aromatic rings. The highest BCUT2D eigenvalue weighted by Crippen LogP contribution is 2.33. The van der Waals surface area contributed by atoms with E-state index < -0.39 is 0 Å². The largest absolute Gasteiger partial charge is 0.192 e. The molecule has 0 bridgehead atoms. The Kier molecular flexibility index (Phi) is 2.58. The van der Waals surface area contributed by atoms with Gasteiger partial charge in [-0.25, -0.2) is 0 Å². The number of hydrogen-bond acceptors (Lipinski definition) is 2. The molecule has 0 saturated heterocycles. The Morgan fingerprint density at radius 2 is 2.15 bits per heavy atom. The normalized spacial score (nSPS) is 10.2. The van der Waals surface area contributed by atoms with Crippen LogP contribution < -0.4 is 0 Å². The third kappa shape index (κ3) is 1.73. The van der Waals surface area contributed by atoms with Crippen LogP contribution in [0.5, 0.6) is 0 Å². The average Bonchev–Trinajstić information content (AvgIpc) is 2.46. The lowest BCUT2D eigenvalue weighted by Gasteiger charge is -1.93. The number of hydrogen-bond donors (Lipinski definition) is 0. The molecule has 1 nitrogen and oxygen atoms in total. The van der Waals surface area contributed by atoms with Gasteiger partial charge >= 0.3 is 0 Å². The molecule has 64 valence electrons. The van der Waals surface area contributed by atoms with Gasteiger partial charge < -0.3 is 0 Å². The third-order valence-electron chi connectivity index (χ3n) is 1.67. The van der Waals surface area contributed by atoms with Gasteiger partial charge in [0.2, 0.25) is 0 Å². The van der Waals surface area contributed by atoms with Crippen molar-refractivity contribution in [2.24, 2.45) is 0 Å². The fourth-order valence-electron chi connectivity index (χ4n) is 1.14. The van der Waals surface area contributed by atoms with Gasteiger partial charge in [-0.2, -0.15) is 5.26 Å². The van der Waals surface area contributed by atoms with Crippen LogP contribution in [-0.4, -0.2) is 0 Å². The smallest absolute Gasteiger partial charge is 0.0992 e. The Labute approximate surface area is 102 Å². The first-order valence-electron chi connectivity index (χ1n) is 3.49. The molecule has 1 aromatic heterocycles. The van der Waals surface area contributed by atoms with Gasteiger partial charge in [0, 0.05) is 8.27 Å². The van der Waals surface area contributed by atoms with Gasteiger partial charge in [-0.1, -0.05) is 0 Å². The van der Waals surface area contributed by atoms with Crippen LogP contribution in [0.2, 0.25) is 0 Å². The van der Waals surface area contributed by atoms with Gasteiger partial charge in [-0.3, -0.25) is 0 Å². The third-order valence-corrected chi connectivity index (χ3v) is 4.57. The summed E-state index contributed by atoms with van der Waals surface area (Å²) in [4.78, 5) is 0. The number of fused-ring (bicyclic) bond motifs is 1. The Bertz CT molecular complexity index is 512. The van der Waals surface area contributed by atoms with E-state index in [1.54, 1.807) is 11.3 Å². The Morgan fingerprint density at radius 1 is 1.38 bits per heavy atom. The summed E-state index contributed by atoms with van der Waals surface area (Å²) in [5.74, 6) is 0. The lowest BCUT2D eigenvalue weighted by atomic mass is 10.2. The minimum absolute atomic E-state index is 0.724. The summed E-state index contributed by atoms with van der Waals surface area (Å²) in [6, 6.07) is 8.02. The number of thiophene rings is 1. The molecule has 0 aliphatic rings. The van der Waals surface area contributed by atoms with Gasteiger partial charge in [0.1, 0.15) is 0 Å². The van der Waals surface area contributed by atoms with Crippen molar-refractivity contribution in [3.63, 3.8) is 0 Å². The lowest BCUT2D eigenvalue weighted by Crippen LogP contribution is -1.76. The summed E-state index contributed by atoms with van der Waals surface area (Å²) >= 11 is 7.39. The summed E-state index contributed by atoms with van der Waals surface area (Å²) in [6.45, 7) is 0. The molecule has 0 N–H and O–H groups in total. The molecule has 0 amide bonds. The van der Waals surface area contributed by atoms with Gasteiger partial charge in [0.05, 0.1) is 15.4 Å². The highest BCUT2D eigenvalue weighted by atomic mass is 127. The van der Waals surface area contributed by atoms with Crippen molar-refractivity contribution in [3.8, 4) is 6.07 Å². The van der Waals surface area contributed by atoms with E-state index in [2.05, 4.69) is 44.6 Å². The van der Waals surface area contributed by atoms with Crippen molar-refractivity contribution in [2.75, 3.05) is 0 Å². The van der Waals surface area contributed by atoms with E-state index in [1.165, 1.54) is 4.70 Å². The predicted octanol–water partition coefficient (Wildman–Crippen LogP) is 4.14. The molecule has 2 rings (SSSR count). The molecule has 1 aromatic carbocycles. The molecule has 0 unspecified atom stereocenters. The first kappa shape index (κ1) is 9.44. The van der Waals surface area contributed by atoms with Crippen molar-refractivity contribution < 1.29 is 0 Å². The van der Waals surface area contributed by atoms with Crippen LogP contribution in [0, 0.1) is 14.9 Å². The Morgan fingerprint density at radius 3 is 2.85 bits per heavy atom. The maximum absolute atomic E-state index is 8.77. The van der Waals surface area contributed by atoms with Gasteiger partial charge in [0.25, 0.3) is 0 Å². The molecule has 4 heteroatoms. The van der Waals surface area contributed by atoms with Crippen LogP contribution in [-0.2, 0) is 0 Å². The zero-order valence-corrected chi connectivity index (χ0v) is 10.9. The number of nitriles is 1.